The molecule has 0 radical (unpaired) electrons. The molecular weight excluding hydrogens is 370 g/mol. The first-order chi connectivity index (χ1) is 13.8. The Bertz CT molecular complexity index is 694. The second-order valence-corrected chi connectivity index (χ2v) is 8.57. The SMILES string of the molecule is CCN(CC)C(CNC1=NCC2CN(C(=O)OC(C)(C)C)CCN12)c1ccco1. The van der Waals surface area contributed by atoms with E-state index in [4.69, 9.17) is 14.1 Å². The van der Waals surface area contributed by atoms with Gasteiger partial charge in [0.15, 0.2) is 5.96 Å². The van der Waals surface area contributed by atoms with Crippen molar-refractivity contribution >= 4 is 12.1 Å². The third kappa shape index (κ3) is 5.23. The smallest absolute Gasteiger partial charge is 0.410 e. The highest BCUT2D eigenvalue weighted by Crippen LogP contribution is 2.22. The molecular formula is C21H35N5O3. The van der Waals surface area contributed by atoms with Crippen molar-refractivity contribution < 1.29 is 13.9 Å². The number of nitrogens with one attached hydrogen (secondary N) is 1. The average molecular weight is 406 g/mol. The first-order valence-corrected chi connectivity index (χ1v) is 10.6. The van der Waals surface area contributed by atoms with Crippen molar-refractivity contribution in [2.75, 3.05) is 45.8 Å². The predicted octanol–water partition coefficient (Wildman–Crippen LogP) is 2.54. The van der Waals surface area contributed by atoms with Crippen LogP contribution in [0.2, 0.25) is 0 Å². The van der Waals surface area contributed by atoms with Gasteiger partial charge in [0.25, 0.3) is 0 Å². The van der Waals surface area contributed by atoms with Gasteiger partial charge in [0.1, 0.15) is 11.4 Å². The van der Waals surface area contributed by atoms with Gasteiger partial charge in [-0.25, -0.2) is 4.79 Å². The van der Waals surface area contributed by atoms with Gasteiger partial charge in [-0.1, -0.05) is 13.8 Å². The molecule has 0 aromatic carbocycles. The van der Waals surface area contributed by atoms with E-state index < -0.39 is 5.60 Å². The fourth-order valence-corrected chi connectivity index (χ4v) is 3.97. The third-order valence-corrected chi connectivity index (χ3v) is 5.44. The highest BCUT2D eigenvalue weighted by molar-refractivity contribution is 5.82. The zero-order valence-corrected chi connectivity index (χ0v) is 18.4. The summed E-state index contributed by atoms with van der Waals surface area (Å²) >= 11 is 0. The van der Waals surface area contributed by atoms with Crippen LogP contribution in [0.3, 0.4) is 0 Å². The number of hydrogen-bond acceptors (Lipinski definition) is 7. The molecule has 1 aromatic rings. The summed E-state index contributed by atoms with van der Waals surface area (Å²) in [6.45, 7) is 15.4. The van der Waals surface area contributed by atoms with Crippen LogP contribution >= 0.6 is 0 Å². The Hall–Kier alpha value is -2.22. The summed E-state index contributed by atoms with van der Waals surface area (Å²) in [5.74, 6) is 1.88. The van der Waals surface area contributed by atoms with Crippen molar-refractivity contribution in [3.8, 4) is 0 Å². The number of fused-ring (bicyclic) bond motifs is 1. The maximum Gasteiger partial charge on any atom is 0.410 e. The van der Waals surface area contributed by atoms with Gasteiger partial charge >= 0.3 is 6.09 Å². The number of ether oxygens (including phenoxy) is 1. The Labute approximate surface area is 173 Å². The van der Waals surface area contributed by atoms with Gasteiger partial charge in [0, 0.05) is 26.2 Å². The second-order valence-electron chi connectivity index (χ2n) is 8.57. The molecule has 1 N–H and O–H groups in total. The van der Waals surface area contributed by atoms with Crippen LogP contribution < -0.4 is 5.32 Å². The summed E-state index contributed by atoms with van der Waals surface area (Å²) in [5, 5.41) is 3.54. The molecule has 2 unspecified atom stereocenters. The van der Waals surface area contributed by atoms with E-state index in [1.165, 1.54) is 0 Å². The standard InChI is InChI=1S/C21H35N5O3/c1-6-24(7-2)17(18-9-8-12-28-18)14-23-19-22-13-16-15-25(10-11-26(16)19)20(27)29-21(3,4)5/h8-9,12,16-17H,6-7,10-11,13-15H2,1-5H3,(H,22,23). The lowest BCUT2D eigenvalue weighted by Gasteiger charge is -2.39. The average Bonchev–Trinajstić information content (AvgIpc) is 3.33. The van der Waals surface area contributed by atoms with E-state index in [1.807, 2.05) is 32.9 Å². The number of guanidine groups is 1. The molecule has 0 spiro atoms. The van der Waals surface area contributed by atoms with Gasteiger partial charge in [-0.2, -0.15) is 0 Å². The Kier molecular flexibility index (Phi) is 6.72. The van der Waals surface area contributed by atoms with Crippen LogP contribution in [0.25, 0.3) is 0 Å². The molecule has 3 heterocycles. The molecule has 3 rings (SSSR count). The van der Waals surface area contributed by atoms with Crippen LogP contribution in [-0.2, 0) is 4.74 Å². The fraction of sp³-hybridized carbons (Fsp3) is 0.714. The number of piperazine rings is 1. The summed E-state index contributed by atoms with van der Waals surface area (Å²) in [6, 6.07) is 4.33. The van der Waals surface area contributed by atoms with E-state index in [2.05, 4.69) is 29.0 Å². The van der Waals surface area contributed by atoms with Crippen LogP contribution in [0.5, 0.6) is 0 Å². The summed E-state index contributed by atoms with van der Waals surface area (Å²) < 4.78 is 11.2. The summed E-state index contributed by atoms with van der Waals surface area (Å²) in [5.41, 5.74) is -0.474. The molecule has 2 aliphatic heterocycles. The minimum Gasteiger partial charge on any atom is -0.468 e. The van der Waals surface area contributed by atoms with Crippen LogP contribution in [0, 0.1) is 0 Å². The van der Waals surface area contributed by atoms with Crippen LogP contribution in [0.15, 0.2) is 27.8 Å². The largest absolute Gasteiger partial charge is 0.468 e. The van der Waals surface area contributed by atoms with Crippen molar-refractivity contribution in [3.63, 3.8) is 0 Å². The van der Waals surface area contributed by atoms with Crippen LogP contribution in [-0.4, -0.2) is 84.2 Å². The number of amides is 1. The minimum atomic E-state index is -0.474. The van der Waals surface area contributed by atoms with Gasteiger partial charge in [0.05, 0.1) is 24.9 Å². The van der Waals surface area contributed by atoms with Gasteiger partial charge in [0.2, 0.25) is 0 Å². The van der Waals surface area contributed by atoms with E-state index in [-0.39, 0.29) is 18.2 Å². The van der Waals surface area contributed by atoms with Crippen molar-refractivity contribution in [3.05, 3.63) is 24.2 Å². The van der Waals surface area contributed by atoms with Crippen LogP contribution in [0.1, 0.15) is 46.4 Å². The maximum atomic E-state index is 12.4. The molecule has 1 aromatic heterocycles. The third-order valence-electron chi connectivity index (χ3n) is 5.44. The van der Waals surface area contributed by atoms with Gasteiger partial charge in [-0.05, 0) is 46.0 Å². The monoisotopic (exact) mass is 405 g/mol. The topological polar surface area (TPSA) is 73.6 Å². The van der Waals surface area contributed by atoms with E-state index in [1.54, 1.807) is 11.2 Å². The fourth-order valence-electron chi connectivity index (χ4n) is 3.97. The highest BCUT2D eigenvalue weighted by Gasteiger charge is 2.36. The summed E-state index contributed by atoms with van der Waals surface area (Å²) in [4.78, 5) is 23.6. The number of nitrogens with zero attached hydrogens (tertiary/aromatic N) is 4. The van der Waals surface area contributed by atoms with Crippen molar-refractivity contribution in [2.24, 2.45) is 4.99 Å². The minimum absolute atomic E-state index is 0.157. The molecule has 0 saturated carbocycles. The van der Waals surface area contributed by atoms with Crippen molar-refractivity contribution in [1.82, 2.24) is 20.0 Å². The molecule has 0 bridgehead atoms. The zero-order valence-electron chi connectivity index (χ0n) is 18.4. The van der Waals surface area contributed by atoms with Gasteiger partial charge in [-0.3, -0.25) is 9.89 Å². The molecule has 1 fully saturated rings. The molecule has 2 atom stereocenters. The lowest BCUT2D eigenvalue weighted by Crippen LogP contribution is -2.58. The maximum absolute atomic E-state index is 12.4. The number of hydrogen-bond donors (Lipinski definition) is 1. The molecule has 0 aliphatic carbocycles. The van der Waals surface area contributed by atoms with Crippen molar-refractivity contribution in [1.29, 1.82) is 0 Å². The molecule has 1 amide bonds. The highest BCUT2D eigenvalue weighted by atomic mass is 16.6. The molecule has 162 valence electrons. The number of furan rings is 1. The molecule has 8 heteroatoms. The Morgan fingerprint density at radius 3 is 2.76 bits per heavy atom. The molecule has 8 nitrogen and oxygen atoms in total. The lowest BCUT2D eigenvalue weighted by molar-refractivity contribution is 0.0137. The summed E-state index contributed by atoms with van der Waals surface area (Å²) in [7, 11) is 0. The first kappa shape index (κ1) is 21.5. The summed E-state index contributed by atoms with van der Waals surface area (Å²) in [6.07, 6.45) is 1.49. The van der Waals surface area contributed by atoms with E-state index >= 15 is 0 Å². The number of carbonyl (C=O) groups is 1. The number of carbonyl (C=O) groups excluding carboxylic acids is 1. The molecule has 2 aliphatic rings. The van der Waals surface area contributed by atoms with E-state index in [0.717, 1.165) is 37.9 Å². The normalized spacial score (nSPS) is 20.5. The number of aliphatic imine (C=N–C) groups is 1. The van der Waals surface area contributed by atoms with E-state index in [9.17, 15) is 4.79 Å². The molecule has 1 saturated heterocycles. The quantitative estimate of drug-likeness (QED) is 0.784. The Morgan fingerprint density at radius 2 is 2.14 bits per heavy atom. The number of likely N-dealkylation sites (N-methyl/N-ethyl adjacent to an activating group) is 1. The van der Waals surface area contributed by atoms with Gasteiger partial charge < -0.3 is 24.3 Å². The van der Waals surface area contributed by atoms with Crippen molar-refractivity contribution in [2.45, 2.75) is 52.3 Å². The van der Waals surface area contributed by atoms with E-state index in [0.29, 0.717) is 19.6 Å². The molecule has 29 heavy (non-hydrogen) atoms. The van der Waals surface area contributed by atoms with Crippen LogP contribution in [0.4, 0.5) is 4.79 Å². The lowest BCUT2D eigenvalue weighted by atomic mass is 10.1. The predicted molar refractivity (Wildman–Crippen MR) is 113 cm³/mol. The Morgan fingerprint density at radius 1 is 1.38 bits per heavy atom. The zero-order chi connectivity index (χ0) is 21.0. The second kappa shape index (κ2) is 9.07. The van der Waals surface area contributed by atoms with Gasteiger partial charge in [-0.15, -0.1) is 0 Å². The Balaban J connectivity index is 1.57. The number of rotatable bonds is 6. The first-order valence-electron chi connectivity index (χ1n) is 10.6.